The van der Waals surface area contributed by atoms with Gasteiger partial charge in [-0.1, -0.05) is 0 Å². The lowest BCUT2D eigenvalue weighted by Gasteiger charge is -2.16. The number of sulfonamides is 1. The number of anilines is 1. The van der Waals surface area contributed by atoms with Gasteiger partial charge >= 0.3 is 0 Å². The number of rotatable bonds is 3. The van der Waals surface area contributed by atoms with E-state index in [1.165, 1.54) is 17.3 Å². The van der Waals surface area contributed by atoms with Crippen molar-refractivity contribution in [2.24, 2.45) is 5.73 Å². The fraction of sp³-hybridized carbons (Fsp3) is 0.417. The van der Waals surface area contributed by atoms with Crippen LogP contribution in [0.5, 0.6) is 0 Å². The number of halogens is 1. The summed E-state index contributed by atoms with van der Waals surface area (Å²) >= 11 is 0. The molecule has 6 nitrogen and oxygen atoms in total. The molecule has 1 fully saturated rings. The van der Waals surface area contributed by atoms with E-state index in [0.717, 1.165) is 12.1 Å². The second kappa shape index (κ2) is 5.47. The molecule has 110 valence electrons. The summed E-state index contributed by atoms with van der Waals surface area (Å²) in [5.74, 6) is -1.25. The van der Waals surface area contributed by atoms with Gasteiger partial charge in [-0.3, -0.25) is 4.79 Å². The van der Waals surface area contributed by atoms with Gasteiger partial charge in [-0.2, -0.15) is 4.31 Å². The molecule has 1 saturated heterocycles. The molecule has 1 aliphatic rings. The molecule has 0 radical (unpaired) electrons. The second-order valence-corrected chi connectivity index (χ2v) is 6.64. The molecule has 2 rings (SSSR count). The first kappa shape index (κ1) is 14.9. The van der Waals surface area contributed by atoms with Crippen molar-refractivity contribution in [3.05, 3.63) is 24.0 Å². The summed E-state index contributed by atoms with van der Waals surface area (Å²) in [5.41, 5.74) is 5.88. The monoisotopic (exact) mass is 301 g/mol. The third kappa shape index (κ3) is 2.97. The first-order chi connectivity index (χ1) is 9.30. The summed E-state index contributed by atoms with van der Waals surface area (Å²) in [6.07, 6.45) is 0.560. The van der Waals surface area contributed by atoms with Crippen molar-refractivity contribution < 1.29 is 17.6 Å². The summed E-state index contributed by atoms with van der Waals surface area (Å²) in [6.45, 7) is 1.76. The molecule has 1 atom stereocenters. The van der Waals surface area contributed by atoms with Gasteiger partial charge in [-0.05, 0) is 24.6 Å². The molecule has 0 unspecified atom stereocenters. The molecule has 1 aromatic rings. The van der Waals surface area contributed by atoms with E-state index in [9.17, 15) is 17.6 Å². The van der Waals surface area contributed by atoms with Crippen molar-refractivity contribution in [1.29, 1.82) is 0 Å². The first-order valence-electron chi connectivity index (χ1n) is 6.13. The smallest absolute Gasteiger partial charge is 0.246 e. The minimum atomic E-state index is -3.88. The molecule has 0 aliphatic carbocycles. The fourth-order valence-corrected chi connectivity index (χ4v) is 3.66. The standard InChI is InChI=1S/C12H16FN3O3S/c1-8(17)15-10-2-3-12(11(13)6-10)20(18,19)16-5-4-9(14)7-16/h2-3,6,9H,4-5,7,14H2,1H3,(H,15,17)/t9-/m0/s1. The van der Waals surface area contributed by atoms with Crippen molar-refractivity contribution in [2.45, 2.75) is 24.3 Å². The van der Waals surface area contributed by atoms with E-state index in [0.29, 0.717) is 6.42 Å². The van der Waals surface area contributed by atoms with Gasteiger partial charge in [0.25, 0.3) is 0 Å². The Morgan fingerprint density at radius 1 is 1.50 bits per heavy atom. The van der Waals surface area contributed by atoms with E-state index in [1.54, 1.807) is 0 Å². The lowest BCUT2D eigenvalue weighted by atomic mass is 10.3. The Balaban J connectivity index is 2.30. The van der Waals surface area contributed by atoms with E-state index in [1.807, 2.05) is 0 Å². The van der Waals surface area contributed by atoms with Crippen LogP contribution >= 0.6 is 0 Å². The van der Waals surface area contributed by atoms with Crippen molar-refractivity contribution in [2.75, 3.05) is 18.4 Å². The number of amides is 1. The summed E-state index contributed by atoms with van der Waals surface area (Å²) in [7, 11) is -3.88. The van der Waals surface area contributed by atoms with E-state index in [-0.39, 0.29) is 30.7 Å². The van der Waals surface area contributed by atoms with Crippen LogP contribution in [-0.4, -0.2) is 37.8 Å². The van der Waals surface area contributed by atoms with Gasteiger partial charge in [0.1, 0.15) is 10.7 Å². The van der Waals surface area contributed by atoms with Crippen LogP contribution in [0.25, 0.3) is 0 Å². The maximum Gasteiger partial charge on any atom is 0.246 e. The number of carbonyl (C=O) groups excluding carboxylic acids is 1. The van der Waals surface area contributed by atoms with Gasteiger partial charge in [0.05, 0.1) is 0 Å². The molecule has 1 aromatic carbocycles. The molecule has 20 heavy (non-hydrogen) atoms. The van der Waals surface area contributed by atoms with Crippen LogP contribution in [-0.2, 0) is 14.8 Å². The van der Waals surface area contributed by atoms with Crippen molar-refractivity contribution in [3.63, 3.8) is 0 Å². The Kier molecular flexibility index (Phi) is 4.07. The zero-order chi connectivity index (χ0) is 14.9. The van der Waals surface area contributed by atoms with E-state index in [2.05, 4.69) is 5.32 Å². The Hall–Kier alpha value is -1.51. The van der Waals surface area contributed by atoms with Crippen LogP contribution in [0.2, 0.25) is 0 Å². The number of nitrogens with zero attached hydrogens (tertiary/aromatic N) is 1. The molecule has 3 N–H and O–H groups in total. The number of nitrogens with one attached hydrogen (secondary N) is 1. The largest absolute Gasteiger partial charge is 0.326 e. The Morgan fingerprint density at radius 3 is 2.70 bits per heavy atom. The minimum absolute atomic E-state index is 0.190. The Morgan fingerprint density at radius 2 is 2.20 bits per heavy atom. The minimum Gasteiger partial charge on any atom is -0.326 e. The summed E-state index contributed by atoms with van der Waals surface area (Å²) < 4.78 is 39.7. The molecular formula is C12H16FN3O3S. The predicted octanol–water partition coefficient (Wildman–Crippen LogP) is 0.506. The maximum absolute atomic E-state index is 14.0. The van der Waals surface area contributed by atoms with Crippen LogP contribution in [0.4, 0.5) is 10.1 Å². The molecule has 0 saturated carbocycles. The highest BCUT2D eigenvalue weighted by molar-refractivity contribution is 7.89. The molecule has 1 heterocycles. The van der Waals surface area contributed by atoms with Crippen LogP contribution in [0.1, 0.15) is 13.3 Å². The summed E-state index contributed by atoms with van der Waals surface area (Å²) in [4.78, 5) is 10.5. The summed E-state index contributed by atoms with van der Waals surface area (Å²) in [5, 5.41) is 2.39. The third-order valence-corrected chi connectivity index (χ3v) is 4.96. The molecule has 1 aliphatic heterocycles. The maximum atomic E-state index is 14.0. The fourth-order valence-electron chi connectivity index (χ4n) is 2.10. The molecule has 1 amide bonds. The number of carbonyl (C=O) groups is 1. The van der Waals surface area contributed by atoms with Crippen molar-refractivity contribution in [3.8, 4) is 0 Å². The van der Waals surface area contributed by atoms with Crippen molar-refractivity contribution >= 4 is 21.6 Å². The van der Waals surface area contributed by atoms with Crippen LogP contribution < -0.4 is 11.1 Å². The number of benzene rings is 1. The van der Waals surface area contributed by atoms with Crippen molar-refractivity contribution in [1.82, 2.24) is 4.31 Å². The van der Waals surface area contributed by atoms with E-state index in [4.69, 9.17) is 5.73 Å². The van der Waals surface area contributed by atoms with Crippen LogP contribution in [0.15, 0.2) is 23.1 Å². The van der Waals surface area contributed by atoms with Gasteiger partial charge in [-0.15, -0.1) is 0 Å². The number of hydrogen-bond acceptors (Lipinski definition) is 4. The SMILES string of the molecule is CC(=O)Nc1ccc(S(=O)(=O)N2CC[C@H](N)C2)c(F)c1. The molecular weight excluding hydrogens is 285 g/mol. The van der Waals surface area contributed by atoms with Gasteiger partial charge < -0.3 is 11.1 Å². The number of nitrogens with two attached hydrogens (primary N) is 1. The molecule has 0 spiro atoms. The highest BCUT2D eigenvalue weighted by Gasteiger charge is 2.32. The van der Waals surface area contributed by atoms with Crippen LogP contribution in [0.3, 0.4) is 0 Å². The van der Waals surface area contributed by atoms with E-state index < -0.39 is 20.7 Å². The lowest BCUT2D eigenvalue weighted by Crippen LogP contribution is -2.32. The number of hydrogen-bond donors (Lipinski definition) is 2. The first-order valence-corrected chi connectivity index (χ1v) is 7.57. The predicted molar refractivity (Wildman–Crippen MR) is 72.1 cm³/mol. The van der Waals surface area contributed by atoms with Crippen LogP contribution in [0, 0.1) is 5.82 Å². The molecule has 0 aromatic heterocycles. The highest BCUT2D eigenvalue weighted by Crippen LogP contribution is 2.24. The van der Waals surface area contributed by atoms with E-state index >= 15 is 0 Å². The zero-order valence-corrected chi connectivity index (χ0v) is 11.8. The third-order valence-electron chi connectivity index (χ3n) is 3.06. The Labute approximate surface area is 116 Å². The van der Waals surface area contributed by atoms with Gasteiger partial charge in [0.2, 0.25) is 15.9 Å². The topological polar surface area (TPSA) is 92.5 Å². The second-order valence-electron chi connectivity index (χ2n) is 4.74. The zero-order valence-electron chi connectivity index (χ0n) is 11.0. The van der Waals surface area contributed by atoms with Gasteiger partial charge in [-0.25, -0.2) is 12.8 Å². The average molecular weight is 301 g/mol. The quantitative estimate of drug-likeness (QED) is 0.850. The highest BCUT2D eigenvalue weighted by atomic mass is 32.2. The summed E-state index contributed by atoms with van der Waals surface area (Å²) in [6, 6.07) is 3.28. The van der Waals surface area contributed by atoms with Gasteiger partial charge in [0.15, 0.2) is 0 Å². The normalized spacial score (nSPS) is 20.1. The average Bonchev–Trinajstić information content (AvgIpc) is 2.75. The molecule has 8 heteroatoms. The van der Waals surface area contributed by atoms with Gasteiger partial charge in [0, 0.05) is 31.7 Å². The Bertz CT molecular complexity index is 633. The lowest BCUT2D eigenvalue weighted by molar-refractivity contribution is -0.114. The molecule has 0 bridgehead atoms.